The smallest absolute Gasteiger partial charge is 0.327 e. The minimum Gasteiger partial charge on any atom is -0.465 e. The molecule has 1 aromatic rings. The average Bonchev–Trinajstić information content (AvgIpc) is 2.32. The highest BCUT2D eigenvalue weighted by Crippen LogP contribution is 2.28. The van der Waals surface area contributed by atoms with Gasteiger partial charge in [0.15, 0.2) is 0 Å². The van der Waals surface area contributed by atoms with E-state index in [2.05, 4.69) is 39.1 Å². The number of aryl methyl sites for hydroxylation is 2. The molecule has 1 atom stereocenters. The summed E-state index contributed by atoms with van der Waals surface area (Å²) in [6, 6.07) is 1.77. The molecule has 1 rings (SSSR count). The number of ether oxygens (including phenoxy) is 1. The normalized spacial score (nSPS) is 12.3. The van der Waals surface area contributed by atoms with Crippen molar-refractivity contribution in [2.24, 2.45) is 0 Å². The monoisotopic (exact) mass is 249 g/mol. The van der Waals surface area contributed by atoms with E-state index in [1.807, 2.05) is 6.92 Å². The zero-order chi connectivity index (χ0) is 13.9. The maximum Gasteiger partial charge on any atom is 0.327 e. The number of likely N-dealkylation sites (N-methyl/N-ethyl adjacent to an activating group) is 1. The zero-order valence-electron chi connectivity index (χ0n) is 12.2. The highest BCUT2D eigenvalue weighted by Gasteiger charge is 2.24. The molecule has 0 spiro atoms. The van der Waals surface area contributed by atoms with Gasteiger partial charge in [-0.25, -0.2) is 4.79 Å². The van der Waals surface area contributed by atoms with Crippen LogP contribution in [0.3, 0.4) is 0 Å². The van der Waals surface area contributed by atoms with Crippen molar-refractivity contribution in [2.75, 3.05) is 13.7 Å². The summed E-state index contributed by atoms with van der Waals surface area (Å²) in [6.07, 6.45) is 0. The molecule has 0 aliphatic carbocycles. The van der Waals surface area contributed by atoms with Gasteiger partial charge in [-0.1, -0.05) is 6.07 Å². The van der Waals surface area contributed by atoms with E-state index in [1.54, 1.807) is 7.05 Å². The molecule has 18 heavy (non-hydrogen) atoms. The van der Waals surface area contributed by atoms with E-state index in [0.717, 1.165) is 16.7 Å². The first-order chi connectivity index (χ1) is 8.43. The van der Waals surface area contributed by atoms with Crippen molar-refractivity contribution in [3.63, 3.8) is 0 Å². The molecular weight excluding hydrogens is 226 g/mol. The van der Waals surface area contributed by atoms with Crippen LogP contribution in [-0.2, 0) is 9.53 Å². The molecule has 0 fully saturated rings. The van der Waals surface area contributed by atoms with Crippen LogP contribution in [0.15, 0.2) is 6.07 Å². The molecule has 100 valence electrons. The fraction of sp³-hybridized carbons (Fsp3) is 0.533. The predicted molar refractivity (Wildman–Crippen MR) is 73.8 cm³/mol. The van der Waals surface area contributed by atoms with Gasteiger partial charge in [0.05, 0.1) is 6.61 Å². The lowest BCUT2D eigenvalue weighted by molar-refractivity contribution is -0.145. The second-order valence-corrected chi connectivity index (χ2v) is 4.65. The summed E-state index contributed by atoms with van der Waals surface area (Å²) in [4.78, 5) is 12.0. The zero-order valence-corrected chi connectivity index (χ0v) is 12.2. The number of rotatable bonds is 4. The van der Waals surface area contributed by atoms with Crippen molar-refractivity contribution >= 4 is 5.97 Å². The van der Waals surface area contributed by atoms with E-state index in [1.165, 1.54) is 11.1 Å². The summed E-state index contributed by atoms with van der Waals surface area (Å²) < 4.78 is 5.14. The van der Waals surface area contributed by atoms with Crippen LogP contribution in [0.4, 0.5) is 0 Å². The Morgan fingerprint density at radius 1 is 1.22 bits per heavy atom. The Kier molecular flexibility index (Phi) is 4.91. The second-order valence-electron chi connectivity index (χ2n) is 4.65. The number of hydrogen-bond acceptors (Lipinski definition) is 3. The van der Waals surface area contributed by atoms with Gasteiger partial charge in [0.25, 0.3) is 0 Å². The van der Waals surface area contributed by atoms with Gasteiger partial charge >= 0.3 is 5.97 Å². The summed E-state index contributed by atoms with van der Waals surface area (Å²) in [5, 5.41) is 3.06. The lowest BCUT2D eigenvalue weighted by Gasteiger charge is -2.22. The predicted octanol–water partition coefficient (Wildman–Crippen LogP) is 2.74. The van der Waals surface area contributed by atoms with E-state index >= 15 is 0 Å². The van der Waals surface area contributed by atoms with E-state index in [4.69, 9.17) is 4.74 Å². The molecule has 0 saturated carbocycles. The lowest BCUT2D eigenvalue weighted by Crippen LogP contribution is -2.29. The quantitative estimate of drug-likeness (QED) is 0.834. The Bertz CT molecular complexity index is 426. The number of nitrogens with one attached hydrogen (secondary N) is 1. The first kappa shape index (κ1) is 14.7. The first-order valence-electron chi connectivity index (χ1n) is 6.35. The molecule has 0 aromatic heterocycles. The third kappa shape index (κ3) is 2.72. The van der Waals surface area contributed by atoms with Crippen LogP contribution in [0.5, 0.6) is 0 Å². The Balaban J connectivity index is 3.33. The largest absolute Gasteiger partial charge is 0.465 e. The topological polar surface area (TPSA) is 38.3 Å². The maximum absolute atomic E-state index is 12.0. The molecule has 0 radical (unpaired) electrons. The Morgan fingerprint density at radius 2 is 1.72 bits per heavy atom. The van der Waals surface area contributed by atoms with Crippen molar-refractivity contribution in [1.29, 1.82) is 0 Å². The van der Waals surface area contributed by atoms with Crippen molar-refractivity contribution in [2.45, 2.75) is 40.7 Å². The molecule has 3 heteroatoms. The fourth-order valence-electron chi connectivity index (χ4n) is 2.29. The van der Waals surface area contributed by atoms with E-state index in [9.17, 15) is 4.79 Å². The molecule has 3 nitrogen and oxygen atoms in total. The molecular formula is C15H23NO2. The van der Waals surface area contributed by atoms with Crippen molar-refractivity contribution < 1.29 is 9.53 Å². The second kappa shape index (κ2) is 6.01. The lowest BCUT2D eigenvalue weighted by atomic mass is 9.90. The van der Waals surface area contributed by atoms with Gasteiger partial charge in [0, 0.05) is 0 Å². The van der Waals surface area contributed by atoms with E-state index < -0.39 is 0 Å². The van der Waals surface area contributed by atoms with Crippen LogP contribution in [0.1, 0.15) is 40.8 Å². The van der Waals surface area contributed by atoms with E-state index in [0.29, 0.717) is 6.61 Å². The van der Waals surface area contributed by atoms with Crippen LogP contribution in [0.25, 0.3) is 0 Å². The Morgan fingerprint density at radius 3 is 2.11 bits per heavy atom. The highest BCUT2D eigenvalue weighted by atomic mass is 16.5. The summed E-state index contributed by atoms with van der Waals surface area (Å²) >= 11 is 0. The minimum atomic E-state index is -0.386. The minimum absolute atomic E-state index is 0.212. The van der Waals surface area contributed by atoms with Gasteiger partial charge in [-0.15, -0.1) is 0 Å². The number of carbonyl (C=O) groups excluding carboxylic acids is 1. The van der Waals surface area contributed by atoms with Crippen LogP contribution in [-0.4, -0.2) is 19.6 Å². The Hall–Kier alpha value is -1.35. The number of esters is 1. The molecule has 1 unspecified atom stereocenters. The van der Waals surface area contributed by atoms with Gasteiger partial charge in [0.2, 0.25) is 0 Å². The van der Waals surface area contributed by atoms with Gasteiger partial charge in [-0.3, -0.25) is 0 Å². The van der Waals surface area contributed by atoms with Crippen LogP contribution in [0.2, 0.25) is 0 Å². The van der Waals surface area contributed by atoms with Crippen LogP contribution in [0, 0.1) is 27.7 Å². The Labute approximate surface area is 110 Å². The van der Waals surface area contributed by atoms with Crippen molar-refractivity contribution in [3.8, 4) is 0 Å². The summed E-state index contributed by atoms with van der Waals surface area (Å²) in [5.41, 5.74) is 5.78. The summed E-state index contributed by atoms with van der Waals surface area (Å²) in [5.74, 6) is -0.212. The number of carbonyl (C=O) groups is 1. The number of hydrogen-bond donors (Lipinski definition) is 1. The molecule has 0 saturated heterocycles. The van der Waals surface area contributed by atoms with Crippen molar-refractivity contribution in [1.82, 2.24) is 5.32 Å². The molecule has 0 heterocycles. The third-order valence-corrected chi connectivity index (χ3v) is 3.52. The standard InChI is InChI=1S/C15H23NO2/c1-7-18-15(17)14(16-6)13-11(4)9(2)8-10(3)12(13)5/h8,14,16H,7H2,1-6H3. The van der Waals surface area contributed by atoms with Gasteiger partial charge in [0.1, 0.15) is 6.04 Å². The molecule has 0 aliphatic heterocycles. The average molecular weight is 249 g/mol. The third-order valence-electron chi connectivity index (χ3n) is 3.52. The van der Waals surface area contributed by atoms with Crippen LogP contribution < -0.4 is 5.32 Å². The highest BCUT2D eigenvalue weighted by molar-refractivity contribution is 5.79. The van der Waals surface area contributed by atoms with Gasteiger partial charge < -0.3 is 10.1 Å². The molecule has 0 bridgehead atoms. The molecule has 0 aliphatic rings. The summed E-state index contributed by atoms with van der Waals surface area (Å²) in [7, 11) is 1.79. The fourth-order valence-corrected chi connectivity index (χ4v) is 2.29. The first-order valence-corrected chi connectivity index (χ1v) is 6.35. The number of benzene rings is 1. The van der Waals surface area contributed by atoms with E-state index in [-0.39, 0.29) is 12.0 Å². The molecule has 0 amide bonds. The SMILES string of the molecule is CCOC(=O)C(NC)c1c(C)c(C)cc(C)c1C. The van der Waals surface area contributed by atoms with Crippen molar-refractivity contribution in [3.05, 3.63) is 33.9 Å². The van der Waals surface area contributed by atoms with Gasteiger partial charge in [-0.05, 0) is 69.5 Å². The summed E-state index contributed by atoms with van der Waals surface area (Å²) in [6.45, 7) is 10.5. The molecule has 1 aromatic carbocycles. The maximum atomic E-state index is 12.0. The molecule has 1 N–H and O–H groups in total. The van der Waals surface area contributed by atoms with Crippen LogP contribution >= 0.6 is 0 Å². The van der Waals surface area contributed by atoms with Gasteiger partial charge in [-0.2, -0.15) is 0 Å².